The van der Waals surface area contributed by atoms with Gasteiger partial charge >= 0.3 is 0 Å². The van der Waals surface area contributed by atoms with Gasteiger partial charge < -0.3 is 4.90 Å². The average molecular weight is 194 g/mol. The first kappa shape index (κ1) is 14.0. The molecule has 0 aliphatic carbocycles. The molecule has 0 rings (SSSR count). The highest BCUT2D eigenvalue weighted by Crippen LogP contribution is 1.95. The van der Waals surface area contributed by atoms with Gasteiger partial charge in [-0.05, 0) is 11.6 Å². The first-order valence-electron chi connectivity index (χ1n) is 3.66. The number of hydrogen-bond donors (Lipinski definition) is 0. The smallest absolute Gasteiger partial charge is 0.224 e. The Balaban J connectivity index is 0. The van der Waals surface area contributed by atoms with Crippen molar-refractivity contribution in [2.75, 3.05) is 14.1 Å². The van der Waals surface area contributed by atoms with Gasteiger partial charge in [0.25, 0.3) is 0 Å². The molecule has 0 unspecified atom stereocenters. The van der Waals surface area contributed by atoms with Crippen molar-refractivity contribution in [1.29, 1.82) is 0 Å². The summed E-state index contributed by atoms with van der Waals surface area (Å²) in [7, 11) is 3.45. The van der Waals surface area contributed by atoms with Crippen molar-refractivity contribution in [1.82, 2.24) is 4.90 Å². The summed E-state index contributed by atoms with van der Waals surface area (Å²) in [5.41, 5.74) is 0. The molecular formula is C8H16ClNO2. The van der Waals surface area contributed by atoms with Gasteiger partial charge in [0, 0.05) is 26.9 Å². The fourth-order valence-corrected chi connectivity index (χ4v) is 0. The predicted octanol–water partition coefficient (Wildman–Crippen LogP) is 1.50. The maximum Gasteiger partial charge on any atom is 0.224 e. The highest BCUT2D eigenvalue weighted by Gasteiger charge is 1.98. The second-order valence-electron chi connectivity index (χ2n) is 2.87. The standard InChI is InChI=1S/C4H7ClO.C4H9NO/c1-3(2)4(5)6;1-4(6)5(2)3/h3H,1-2H3;1-3H3. The molecule has 0 aromatic carbocycles. The van der Waals surface area contributed by atoms with Crippen LogP contribution in [-0.4, -0.2) is 30.1 Å². The molecular weight excluding hydrogens is 178 g/mol. The Labute approximate surface area is 78.7 Å². The summed E-state index contributed by atoms with van der Waals surface area (Å²) in [6, 6.07) is 0. The highest BCUT2D eigenvalue weighted by molar-refractivity contribution is 6.63. The predicted molar refractivity (Wildman–Crippen MR) is 50.1 cm³/mol. The third-order valence-electron chi connectivity index (χ3n) is 1.08. The lowest BCUT2D eigenvalue weighted by Crippen LogP contribution is -2.17. The molecule has 0 aromatic heterocycles. The van der Waals surface area contributed by atoms with Gasteiger partial charge in [0.2, 0.25) is 11.1 Å². The minimum absolute atomic E-state index is 0.0216. The van der Waals surface area contributed by atoms with Gasteiger partial charge in [0.05, 0.1) is 0 Å². The Morgan fingerprint density at radius 2 is 1.42 bits per heavy atom. The van der Waals surface area contributed by atoms with Crippen LogP contribution in [0.3, 0.4) is 0 Å². The molecule has 0 aromatic rings. The lowest BCUT2D eigenvalue weighted by molar-refractivity contribution is -0.126. The van der Waals surface area contributed by atoms with E-state index in [0.717, 1.165) is 0 Å². The Hall–Kier alpha value is -0.570. The molecule has 0 radical (unpaired) electrons. The Bertz CT molecular complexity index is 137. The average Bonchev–Trinajstić information content (AvgIpc) is 1.88. The normalized spacial score (nSPS) is 8.58. The van der Waals surface area contributed by atoms with E-state index >= 15 is 0 Å². The lowest BCUT2D eigenvalue weighted by Gasteiger charge is -2.02. The van der Waals surface area contributed by atoms with E-state index in [-0.39, 0.29) is 17.1 Å². The monoisotopic (exact) mass is 193 g/mol. The van der Waals surface area contributed by atoms with E-state index in [1.165, 1.54) is 11.8 Å². The van der Waals surface area contributed by atoms with Crippen molar-refractivity contribution in [3.05, 3.63) is 0 Å². The zero-order valence-corrected chi connectivity index (χ0v) is 8.97. The van der Waals surface area contributed by atoms with E-state index in [4.69, 9.17) is 11.6 Å². The van der Waals surface area contributed by atoms with Gasteiger partial charge in [-0.1, -0.05) is 13.8 Å². The molecule has 0 heterocycles. The van der Waals surface area contributed by atoms with E-state index in [9.17, 15) is 9.59 Å². The van der Waals surface area contributed by atoms with Gasteiger partial charge in [-0.2, -0.15) is 0 Å². The second kappa shape index (κ2) is 7.10. The third-order valence-corrected chi connectivity index (χ3v) is 1.52. The van der Waals surface area contributed by atoms with Crippen molar-refractivity contribution in [3.8, 4) is 0 Å². The molecule has 0 bridgehead atoms. The molecule has 0 N–H and O–H groups in total. The summed E-state index contributed by atoms with van der Waals surface area (Å²) >= 11 is 4.97. The summed E-state index contributed by atoms with van der Waals surface area (Å²) < 4.78 is 0. The van der Waals surface area contributed by atoms with Crippen molar-refractivity contribution in [2.24, 2.45) is 5.92 Å². The molecule has 0 spiro atoms. The molecule has 12 heavy (non-hydrogen) atoms. The fraction of sp³-hybridized carbons (Fsp3) is 0.750. The van der Waals surface area contributed by atoms with Crippen LogP contribution in [0.15, 0.2) is 0 Å². The highest BCUT2D eigenvalue weighted by atomic mass is 35.5. The Morgan fingerprint density at radius 3 is 1.42 bits per heavy atom. The van der Waals surface area contributed by atoms with Gasteiger partial charge in [0.15, 0.2) is 0 Å². The molecule has 0 atom stereocenters. The van der Waals surface area contributed by atoms with Crippen molar-refractivity contribution >= 4 is 22.8 Å². The molecule has 0 aliphatic rings. The topological polar surface area (TPSA) is 37.4 Å². The Kier molecular flexibility index (Phi) is 8.27. The second-order valence-corrected chi connectivity index (χ2v) is 3.24. The van der Waals surface area contributed by atoms with Crippen LogP contribution in [0.1, 0.15) is 20.8 Å². The van der Waals surface area contributed by atoms with Crippen LogP contribution in [0.2, 0.25) is 0 Å². The minimum atomic E-state index is -0.269. The largest absolute Gasteiger partial charge is 0.349 e. The molecule has 0 aliphatic heterocycles. The van der Waals surface area contributed by atoms with Crippen LogP contribution in [0.25, 0.3) is 0 Å². The van der Waals surface area contributed by atoms with Gasteiger partial charge in [0.1, 0.15) is 0 Å². The van der Waals surface area contributed by atoms with Gasteiger partial charge in [-0.25, -0.2) is 0 Å². The SMILES string of the molecule is CC(=O)N(C)C.CC(C)C(=O)Cl. The van der Waals surface area contributed by atoms with E-state index in [1.54, 1.807) is 27.9 Å². The number of amides is 1. The molecule has 0 fully saturated rings. The van der Waals surface area contributed by atoms with E-state index < -0.39 is 0 Å². The fourth-order valence-electron chi connectivity index (χ4n) is 0. The van der Waals surface area contributed by atoms with Crippen LogP contribution < -0.4 is 0 Å². The number of carbonyl (C=O) groups is 2. The Morgan fingerprint density at radius 1 is 1.25 bits per heavy atom. The minimum Gasteiger partial charge on any atom is -0.349 e. The quantitative estimate of drug-likeness (QED) is 0.592. The zero-order chi connectivity index (χ0) is 10.3. The number of halogens is 1. The maximum atomic E-state index is 10.1. The van der Waals surface area contributed by atoms with Crippen LogP contribution in [0, 0.1) is 5.92 Å². The summed E-state index contributed by atoms with van der Waals surface area (Å²) in [6.07, 6.45) is 0. The van der Waals surface area contributed by atoms with E-state index in [1.807, 2.05) is 0 Å². The number of nitrogens with zero attached hydrogens (tertiary/aromatic N) is 1. The summed E-state index contributed by atoms with van der Waals surface area (Å²) in [6.45, 7) is 5.05. The lowest BCUT2D eigenvalue weighted by atomic mass is 10.3. The van der Waals surface area contributed by atoms with Crippen LogP contribution in [0.5, 0.6) is 0 Å². The van der Waals surface area contributed by atoms with Crippen molar-refractivity contribution in [2.45, 2.75) is 20.8 Å². The van der Waals surface area contributed by atoms with E-state index in [0.29, 0.717) is 0 Å². The molecule has 4 heteroatoms. The maximum absolute atomic E-state index is 10.1. The van der Waals surface area contributed by atoms with E-state index in [2.05, 4.69) is 0 Å². The first-order chi connectivity index (χ1) is 5.29. The van der Waals surface area contributed by atoms with Gasteiger partial charge in [-0.3, -0.25) is 9.59 Å². The molecule has 3 nitrogen and oxygen atoms in total. The third kappa shape index (κ3) is 12.1. The van der Waals surface area contributed by atoms with Crippen LogP contribution in [-0.2, 0) is 9.59 Å². The summed E-state index contributed by atoms with van der Waals surface area (Å²) in [4.78, 5) is 21.5. The molecule has 1 amide bonds. The van der Waals surface area contributed by atoms with Crippen LogP contribution in [0.4, 0.5) is 0 Å². The van der Waals surface area contributed by atoms with Crippen LogP contribution >= 0.6 is 11.6 Å². The molecule has 0 saturated heterocycles. The molecule has 0 saturated carbocycles. The number of hydrogen-bond acceptors (Lipinski definition) is 2. The van der Waals surface area contributed by atoms with Crippen molar-refractivity contribution in [3.63, 3.8) is 0 Å². The van der Waals surface area contributed by atoms with Gasteiger partial charge in [-0.15, -0.1) is 0 Å². The summed E-state index contributed by atoms with van der Waals surface area (Å²) in [5.74, 6) is 0.0710. The van der Waals surface area contributed by atoms with Crippen molar-refractivity contribution < 1.29 is 9.59 Å². The number of rotatable bonds is 1. The first-order valence-corrected chi connectivity index (χ1v) is 4.04. The molecule has 72 valence electrons. The zero-order valence-electron chi connectivity index (χ0n) is 8.22. The summed E-state index contributed by atoms with van der Waals surface area (Å²) in [5, 5.41) is -0.269. The number of carbonyl (C=O) groups excluding carboxylic acids is 2.